The van der Waals surface area contributed by atoms with Crippen LogP contribution in [0.15, 0.2) is 0 Å². The van der Waals surface area contributed by atoms with Gasteiger partial charge < -0.3 is 14.9 Å². The summed E-state index contributed by atoms with van der Waals surface area (Å²) >= 11 is 0. The third-order valence-electron chi connectivity index (χ3n) is 11.0. The van der Waals surface area contributed by atoms with Crippen LogP contribution in [0.4, 0.5) is 0 Å². The predicted octanol–water partition coefficient (Wildman–Crippen LogP) is 4.88. The first-order valence-electron chi connectivity index (χ1n) is 12.2. The second-order valence-electron chi connectivity index (χ2n) is 12.2. The summed E-state index contributed by atoms with van der Waals surface area (Å²) in [5.41, 5.74) is -2.24. The molecule has 1 aliphatic heterocycles. The second kappa shape index (κ2) is 6.00. The molecule has 164 valence electrons. The first-order valence-corrected chi connectivity index (χ1v) is 12.2. The highest BCUT2D eigenvalue weighted by atomic mass is 16.6. The van der Waals surface area contributed by atoms with Crippen LogP contribution in [0, 0.1) is 46.8 Å². The van der Waals surface area contributed by atoms with E-state index in [1.54, 1.807) is 0 Å². The van der Waals surface area contributed by atoms with E-state index in [1.165, 1.54) is 6.42 Å². The third-order valence-corrected chi connectivity index (χ3v) is 11.0. The number of fused-ring (bicyclic) bond motifs is 3. The van der Waals surface area contributed by atoms with Gasteiger partial charge in [0.05, 0.1) is 11.0 Å². The lowest BCUT2D eigenvalue weighted by Crippen LogP contribution is -2.64. The minimum Gasteiger partial charge on any atom is -0.481 e. The van der Waals surface area contributed by atoms with Crippen LogP contribution in [-0.4, -0.2) is 33.0 Å². The maximum Gasteiger partial charge on any atom is 0.309 e. The van der Waals surface area contributed by atoms with Crippen molar-refractivity contribution in [3.8, 4) is 0 Å². The molecule has 4 aliphatic carbocycles. The number of hydrogen-bond acceptors (Lipinski definition) is 3. The van der Waals surface area contributed by atoms with Gasteiger partial charge in [0.1, 0.15) is 11.2 Å². The fourth-order valence-electron chi connectivity index (χ4n) is 9.20. The van der Waals surface area contributed by atoms with Crippen molar-refractivity contribution < 1.29 is 19.7 Å². The summed E-state index contributed by atoms with van der Waals surface area (Å²) in [6.07, 6.45) is 7.47. The molecule has 0 amide bonds. The number of carbonyl (C=O) groups is 1. The molecular weight excluding hydrogens is 364 g/mol. The van der Waals surface area contributed by atoms with Crippen LogP contribution >= 0.6 is 0 Å². The van der Waals surface area contributed by atoms with Gasteiger partial charge in [-0.2, -0.15) is 0 Å². The Bertz CT molecular complexity index is 720. The average molecular weight is 405 g/mol. The average Bonchev–Trinajstić information content (AvgIpc) is 2.94. The van der Waals surface area contributed by atoms with Crippen molar-refractivity contribution in [1.82, 2.24) is 0 Å². The SMILES string of the molecule is CC(C)[C@H]1CC[C@]2(C(=O)O)C[C@@H]3[C@@H](C)CC[C@H]4[C@H](C)CC[C@]45O[C@]5(C)[C@@]3(O)C[C@@H]12. The number of ether oxygens (including phenoxy) is 1. The van der Waals surface area contributed by atoms with Crippen molar-refractivity contribution in [3.05, 3.63) is 0 Å². The van der Waals surface area contributed by atoms with E-state index in [2.05, 4.69) is 34.6 Å². The highest BCUT2D eigenvalue weighted by Gasteiger charge is 2.83. The summed E-state index contributed by atoms with van der Waals surface area (Å²) in [5, 5.41) is 22.9. The highest BCUT2D eigenvalue weighted by Crippen LogP contribution is 2.74. The molecule has 2 N–H and O–H groups in total. The Kier molecular flexibility index (Phi) is 4.20. The zero-order chi connectivity index (χ0) is 21.0. The number of hydrogen-bond donors (Lipinski definition) is 2. The van der Waals surface area contributed by atoms with Crippen LogP contribution < -0.4 is 0 Å². The largest absolute Gasteiger partial charge is 0.481 e. The Morgan fingerprint density at radius 2 is 1.66 bits per heavy atom. The topological polar surface area (TPSA) is 70.1 Å². The van der Waals surface area contributed by atoms with E-state index < -0.39 is 22.6 Å². The Balaban J connectivity index is 1.60. The van der Waals surface area contributed by atoms with Crippen molar-refractivity contribution in [2.45, 2.75) is 103 Å². The summed E-state index contributed by atoms with van der Waals surface area (Å²) < 4.78 is 6.67. The molecule has 0 unspecified atom stereocenters. The molecule has 4 nitrogen and oxygen atoms in total. The van der Waals surface area contributed by atoms with Crippen molar-refractivity contribution in [1.29, 1.82) is 0 Å². The van der Waals surface area contributed by atoms with Crippen LogP contribution in [0.5, 0.6) is 0 Å². The first-order chi connectivity index (χ1) is 13.5. The summed E-state index contributed by atoms with van der Waals surface area (Å²) in [4.78, 5) is 12.6. The smallest absolute Gasteiger partial charge is 0.309 e. The number of carboxylic acid groups (broad SMARTS) is 1. The van der Waals surface area contributed by atoms with Gasteiger partial charge in [-0.3, -0.25) is 4.79 Å². The van der Waals surface area contributed by atoms with Gasteiger partial charge >= 0.3 is 5.97 Å². The van der Waals surface area contributed by atoms with Crippen LogP contribution in [0.2, 0.25) is 0 Å². The lowest BCUT2D eigenvalue weighted by atomic mass is 9.49. The maximum absolute atomic E-state index is 12.6. The number of carboxylic acids is 1. The third kappa shape index (κ3) is 2.26. The molecule has 0 aromatic rings. The molecule has 4 heteroatoms. The molecule has 0 aromatic heterocycles. The molecular formula is C25H40O4. The zero-order valence-electron chi connectivity index (χ0n) is 18.9. The number of aliphatic hydroxyl groups is 1. The van der Waals surface area contributed by atoms with E-state index in [0.717, 1.165) is 32.1 Å². The van der Waals surface area contributed by atoms with E-state index in [1.807, 2.05) is 0 Å². The monoisotopic (exact) mass is 404 g/mol. The van der Waals surface area contributed by atoms with E-state index in [0.29, 0.717) is 42.4 Å². The van der Waals surface area contributed by atoms with Gasteiger partial charge in [-0.25, -0.2) is 0 Å². The van der Waals surface area contributed by atoms with Crippen LogP contribution in [-0.2, 0) is 9.53 Å². The molecule has 5 fully saturated rings. The molecule has 0 aromatic carbocycles. The van der Waals surface area contributed by atoms with Crippen LogP contribution in [0.1, 0.15) is 86.0 Å². The first kappa shape index (κ1) is 20.3. The molecule has 0 bridgehead atoms. The Hall–Kier alpha value is -0.610. The molecule has 5 rings (SSSR count). The second-order valence-corrected chi connectivity index (χ2v) is 12.2. The number of epoxide rings is 1. The quantitative estimate of drug-likeness (QED) is 0.643. The molecule has 0 radical (unpaired) electrons. The summed E-state index contributed by atoms with van der Waals surface area (Å²) in [6, 6.07) is 0. The number of aliphatic carboxylic acids is 1. The normalized spacial score (nSPS) is 58.6. The van der Waals surface area contributed by atoms with E-state index >= 15 is 0 Å². The molecule has 10 atom stereocenters. The van der Waals surface area contributed by atoms with Crippen molar-refractivity contribution in [3.63, 3.8) is 0 Å². The van der Waals surface area contributed by atoms with E-state index in [9.17, 15) is 15.0 Å². The van der Waals surface area contributed by atoms with Gasteiger partial charge in [0.25, 0.3) is 0 Å². The summed E-state index contributed by atoms with van der Waals surface area (Å²) in [5.74, 6) is 1.82. The highest BCUT2D eigenvalue weighted by molar-refractivity contribution is 5.76. The summed E-state index contributed by atoms with van der Waals surface area (Å²) in [6.45, 7) is 11.3. The fourth-order valence-corrected chi connectivity index (χ4v) is 9.20. The molecule has 1 heterocycles. The number of rotatable bonds is 2. The lowest BCUT2D eigenvalue weighted by molar-refractivity contribution is -0.188. The predicted molar refractivity (Wildman–Crippen MR) is 111 cm³/mol. The van der Waals surface area contributed by atoms with Gasteiger partial charge in [0, 0.05) is 0 Å². The minimum absolute atomic E-state index is 0.0157. The van der Waals surface area contributed by atoms with Gasteiger partial charge in [-0.05, 0) is 99.7 Å². The zero-order valence-corrected chi connectivity index (χ0v) is 18.9. The Morgan fingerprint density at radius 1 is 0.966 bits per heavy atom. The van der Waals surface area contributed by atoms with Crippen LogP contribution in [0.25, 0.3) is 0 Å². The van der Waals surface area contributed by atoms with Gasteiger partial charge in [-0.1, -0.05) is 27.7 Å². The standard InChI is InChI=1S/C25H40O4/c1-14(2)17-9-10-23(21(26)27)12-19-15(3)6-7-18-16(4)8-11-25(18)22(5,29-25)24(19,28)13-20(17)23/h14-20,28H,6-13H2,1-5H3,(H,26,27)/t15-,16+,17+,18-,19+,20-,22+,23-,24+,25-/m0/s1. The maximum atomic E-state index is 12.6. The molecule has 4 saturated carbocycles. The molecule has 29 heavy (non-hydrogen) atoms. The van der Waals surface area contributed by atoms with Crippen molar-refractivity contribution in [2.75, 3.05) is 0 Å². The Morgan fingerprint density at radius 3 is 2.31 bits per heavy atom. The van der Waals surface area contributed by atoms with Gasteiger partial charge in [0.15, 0.2) is 0 Å². The van der Waals surface area contributed by atoms with Gasteiger partial charge in [-0.15, -0.1) is 0 Å². The minimum atomic E-state index is -0.907. The molecule has 5 aliphatic rings. The fraction of sp³-hybridized carbons (Fsp3) is 0.960. The van der Waals surface area contributed by atoms with E-state index in [-0.39, 0.29) is 17.4 Å². The van der Waals surface area contributed by atoms with Gasteiger partial charge in [0.2, 0.25) is 0 Å². The lowest BCUT2D eigenvalue weighted by Gasteiger charge is -2.55. The summed E-state index contributed by atoms with van der Waals surface area (Å²) in [7, 11) is 0. The Labute approximate surface area is 175 Å². The van der Waals surface area contributed by atoms with E-state index in [4.69, 9.17) is 4.74 Å². The van der Waals surface area contributed by atoms with Crippen molar-refractivity contribution in [2.24, 2.45) is 46.8 Å². The van der Waals surface area contributed by atoms with Crippen LogP contribution in [0.3, 0.4) is 0 Å². The molecule has 1 saturated heterocycles. The molecule has 1 spiro atoms. The van der Waals surface area contributed by atoms with Crippen molar-refractivity contribution >= 4 is 5.97 Å².